The average molecular weight is 468 g/mol. The van der Waals surface area contributed by atoms with Crippen LogP contribution in [0.5, 0.6) is 0 Å². The number of pyridine rings is 1. The van der Waals surface area contributed by atoms with Gasteiger partial charge in [-0.25, -0.2) is 4.79 Å². The van der Waals surface area contributed by atoms with Gasteiger partial charge in [0, 0.05) is 41.2 Å². The number of nitro benzene ring substituents is 1. The van der Waals surface area contributed by atoms with E-state index in [4.69, 9.17) is 4.74 Å². The fourth-order valence-corrected chi connectivity index (χ4v) is 4.23. The Balaban J connectivity index is 1.70. The smallest absolute Gasteiger partial charge is 0.337 e. The van der Waals surface area contributed by atoms with E-state index >= 15 is 0 Å². The summed E-state index contributed by atoms with van der Waals surface area (Å²) in [6, 6.07) is 21.6. The van der Waals surface area contributed by atoms with E-state index in [9.17, 15) is 14.9 Å². The Morgan fingerprint density at radius 3 is 2.54 bits per heavy atom. The molecule has 0 bridgehead atoms. The number of hydrogen-bond donors (Lipinski definition) is 1. The zero-order valence-electron chi connectivity index (χ0n) is 19.5. The molecule has 0 radical (unpaired) electrons. The van der Waals surface area contributed by atoms with Crippen LogP contribution in [0.4, 0.5) is 5.69 Å². The molecule has 1 N–H and O–H groups in total. The summed E-state index contributed by atoms with van der Waals surface area (Å²) in [4.78, 5) is 28.9. The number of benzene rings is 2. The molecule has 2 heterocycles. The fraction of sp³-hybridized carbons (Fsp3) is 0.143. The minimum absolute atomic E-state index is 0.0461. The molecule has 1 unspecified atom stereocenters. The third-order valence-corrected chi connectivity index (χ3v) is 5.76. The fourth-order valence-electron chi connectivity index (χ4n) is 4.23. The molecule has 7 heteroatoms. The number of nitro groups is 1. The largest absolute Gasteiger partial charge is 0.458 e. The average Bonchev–Trinajstić information content (AvgIpc) is 2.87. The lowest BCUT2D eigenvalue weighted by molar-refractivity contribution is -0.384. The summed E-state index contributed by atoms with van der Waals surface area (Å²) in [5, 5.41) is 14.8. The van der Waals surface area contributed by atoms with Gasteiger partial charge < -0.3 is 10.1 Å². The molecular weight excluding hydrogens is 442 g/mol. The van der Waals surface area contributed by atoms with Crippen LogP contribution in [-0.4, -0.2) is 22.5 Å². The van der Waals surface area contributed by atoms with Gasteiger partial charge in [0.05, 0.1) is 16.2 Å². The van der Waals surface area contributed by atoms with Gasteiger partial charge in [-0.1, -0.05) is 54.6 Å². The SMILES string of the molecule is CC1=C(C(=O)OC/C=C/c2ccccc2)C(c2cccc([N+](=O)[O-])c2)C(c2ccccn2)=C(C)N1. The first kappa shape index (κ1) is 23.6. The molecule has 1 aliphatic heterocycles. The van der Waals surface area contributed by atoms with Gasteiger partial charge in [-0.3, -0.25) is 15.1 Å². The van der Waals surface area contributed by atoms with Gasteiger partial charge >= 0.3 is 5.97 Å². The Labute approximate surface area is 203 Å². The molecule has 0 saturated heterocycles. The summed E-state index contributed by atoms with van der Waals surface area (Å²) in [6.45, 7) is 3.80. The maximum atomic E-state index is 13.4. The molecule has 3 aromatic rings. The van der Waals surface area contributed by atoms with E-state index in [1.165, 1.54) is 12.1 Å². The summed E-state index contributed by atoms with van der Waals surface area (Å²) >= 11 is 0. The van der Waals surface area contributed by atoms with Crippen LogP contribution in [0.25, 0.3) is 11.6 Å². The number of nitrogens with one attached hydrogen (secondary N) is 1. The predicted molar refractivity (Wildman–Crippen MR) is 135 cm³/mol. The summed E-state index contributed by atoms with van der Waals surface area (Å²) in [7, 11) is 0. The number of aromatic nitrogens is 1. The number of rotatable bonds is 7. The molecule has 0 amide bonds. The number of non-ortho nitro benzene ring substituents is 1. The van der Waals surface area contributed by atoms with E-state index in [1.54, 1.807) is 31.3 Å². The first-order chi connectivity index (χ1) is 17.0. The molecule has 0 saturated carbocycles. The minimum Gasteiger partial charge on any atom is -0.458 e. The molecule has 35 heavy (non-hydrogen) atoms. The van der Waals surface area contributed by atoms with Crippen molar-refractivity contribution >= 4 is 23.3 Å². The van der Waals surface area contributed by atoms with Crippen LogP contribution in [-0.2, 0) is 9.53 Å². The van der Waals surface area contributed by atoms with Gasteiger partial charge in [-0.05, 0) is 43.2 Å². The van der Waals surface area contributed by atoms with Crippen LogP contribution < -0.4 is 5.32 Å². The van der Waals surface area contributed by atoms with Crippen molar-refractivity contribution in [2.24, 2.45) is 0 Å². The maximum Gasteiger partial charge on any atom is 0.337 e. The number of ether oxygens (including phenoxy) is 1. The van der Waals surface area contributed by atoms with Crippen molar-refractivity contribution in [3.63, 3.8) is 0 Å². The number of carbonyl (C=O) groups excluding carboxylic acids is 1. The standard InChI is InChI=1S/C28H25N3O4/c1-19-25(24-15-6-7-16-29-24)27(22-13-8-14-23(18-22)31(33)34)26(20(2)30-19)28(32)35-17-9-12-21-10-4-3-5-11-21/h3-16,18,27,30H,17H2,1-2H3/b12-9+. The highest BCUT2D eigenvalue weighted by Gasteiger charge is 2.35. The van der Waals surface area contributed by atoms with Crippen molar-refractivity contribution in [2.45, 2.75) is 19.8 Å². The molecule has 176 valence electrons. The number of dihydropyridines is 1. The van der Waals surface area contributed by atoms with Gasteiger partial charge in [0.2, 0.25) is 0 Å². The second kappa shape index (κ2) is 10.6. The Morgan fingerprint density at radius 1 is 1.06 bits per heavy atom. The molecule has 7 nitrogen and oxygen atoms in total. The highest BCUT2D eigenvalue weighted by Crippen LogP contribution is 2.43. The van der Waals surface area contributed by atoms with Gasteiger partial charge in [0.15, 0.2) is 0 Å². The summed E-state index contributed by atoms with van der Waals surface area (Å²) in [5.41, 5.74) is 4.86. The lowest BCUT2D eigenvalue weighted by atomic mass is 9.79. The molecular formula is C28H25N3O4. The number of hydrogen-bond acceptors (Lipinski definition) is 6. The third kappa shape index (κ3) is 5.35. The van der Waals surface area contributed by atoms with Crippen LogP contribution in [0.2, 0.25) is 0 Å². The Kier molecular flexibility index (Phi) is 7.16. The van der Waals surface area contributed by atoms with Crippen molar-refractivity contribution in [2.75, 3.05) is 6.61 Å². The zero-order chi connectivity index (χ0) is 24.8. The van der Waals surface area contributed by atoms with Crippen molar-refractivity contribution in [1.29, 1.82) is 0 Å². The Bertz CT molecular complexity index is 1330. The van der Waals surface area contributed by atoms with E-state index < -0.39 is 16.8 Å². The minimum atomic E-state index is -0.586. The van der Waals surface area contributed by atoms with Crippen molar-refractivity contribution in [1.82, 2.24) is 10.3 Å². The molecule has 0 spiro atoms. The second-order valence-corrected chi connectivity index (χ2v) is 8.11. The van der Waals surface area contributed by atoms with Gasteiger partial charge in [0.1, 0.15) is 6.61 Å². The topological polar surface area (TPSA) is 94.4 Å². The Hall–Kier alpha value is -4.52. The number of nitrogens with zero attached hydrogens (tertiary/aromatic N) is 2. The van der Waals surface area contributed by atoms with Crippen LogP contribution in [0, 0.1) is 10.1 Å². The lowest BCUT2D eigenvalue weighted by Crippen LogP contribution is -2.29. The summed E-state index contributed by atoms with van der Waals surface area (Å²) < 4.78 is 5.62. The molecule has 1 atom stereocenters. The van der Waals surface area contributed by atoms with Gasteiger partial charge in [-0.2, -0.15) is 0 Å². The molecule has 0 fully saturated rings. The first-order valence-electron chi connectivity index (χ1n) is 11.2. The quantitative estimate of drug-likeness (QED) is 0.275. The van der Waals surface area contributed by atoms with Crippen LogP contribution >= 0.6 is 0 Å². The molecule has 4 rings (SSSR count). The Morgan fingerprint density at radius 2 is 1.83 bits per heavy atom. The molecule has 0 aliphatic carbocycles. The zero-order valence-corrected chi connectivity index (χ0v) is 19.5. The second-order valence-electron chi connectivity index (χ2n) is 8.11. The van der Waals surface area contributed by atoms with E-state index in [2.05, 4.69) is 10.3 Å². The van der Waals surface area contributed by atoms with Crippen molar-refractivity contribution in [3.05, 3.63) is 129 Å². The van der Waals surface area contributed by atoms with Crippen molar-refractivity contribution in [3.8, 4) is 0 Å². The van der Waals surface area contributed by atoms with Crippen LogP contribution in [0.15, 0.2) is 102 Å². The first-order valence-corrected chi connectivity index (χ1v) is 11.2. The summed E-state index contributed by atoms with van der Waals surface area (Å²) in [6.07, 6.45) is 5.34. The predicted octanol–water partition coefficient (Wildman–Crippen LogP) is 5.64. The van der Waals surface area contributed by atoms with Crippen molar-refractivity contribution < 1.29 is 14.5 Å². The number of carbonyl (C=O) groups is 1. The maximum absolute atomic E-state index is 13.4. The summed E-state index contributed by atoms with van der Waals surface area (Å²) in [5.74, 6) is -1.08. The monoisotopic (exact) mass is 467 g/mol. The molecule has 2 aromatic carbocycles. The highest BCUT2D eigenvalue weighted by atomic mass is 16.6. The normalized spacial score (nSPS) is 15.8. The van der Waals surface area contributed by atoms with E-state index in [-0.39, 0.29) is 12.3 Å². The van der Waals surface area contributed by atoms with E-state index in [1.807, 2.05) is 61.5 Å². The third-order valence-electron chi connectivity index (χ3n) is 5.76. The lowest BCUT2D eigenvalue weighted by Gasteiger charge is -2.31. The van der Waals surface area contributed by atoms with E-state index in [0.29, 0.717) is 22.5 Å². The van der Waals surface area contributed by atoms with Crippen LogP contribution in [0.1, 0.15) is 36.6 Å². The van der Waals surface area contributed by atoms with E-state index in [0.717, 1.165) is 16.8 Å². The number of allylic oxidation sites excluding steroid dienone is 3. The number of esters is 1. The van der Waals surface area contributed by atoms with Gasteiger partial charge in [-0.15, -0.1) is 0 Å². The van der Waals surface area contributed by atoms with Crippen LogP contribution in [0.3, 0.4) is 0 Å². The highest BCUT2D eigenvalue weighted by molar-refractivity contribution is 5.97. The molecule has 1 aliphatic rings. The van der Waals surface area contributed by atoms with Gasteiger partial charge in [0.25, 0.3) is 5.69 Å². The molecule has 1 aromatic heterocycles.